The number of halogens is 3. The SMILES string of the molecule is CC(C)S(=O)(=O)c1nn(C)cc1NC1=C(CC(F)(F)F)C=NC(N)(c2ccc(C3CCNCC3)cc2OC2CC2)N1. The number of aromatic nitrogens is 2. The van der Waals surface area contributed by atoms with Crippen LogP contribution in [0, 0.1) is 0 Å². The molecule has 3 heterocycles. The van der Waals surface area contributed by atoms with E-state index in [9.17, 15) is 21.6 Å². The van der Waals surface area contributed by atoms with Crippen LogP contribution in [-0.4, -0.2) is 55.0 Å². The van der Waals surface area contributed by atoms with E-state index in [1.54, 1.807) is 0 Å². The first kappa shape index (κ1) is 29.4. The predicted molar refractivity (Wildman–Crippen MR) is 149 cm³/mol. The van der Waals surface area contributed by atoms with Gasteiger partial charge < -0.3 is 20.7 Å². The smallest absolute Gasteiger partial charge is 0.393 e. The van der Waals surface area contributed by atoms with Gasteiger partial charge in [-0.2, -0.15) is 18.3 Å². The van der Waals surface area contributed by atoms with Crippen LogP contribution in [0.5, 0.6) is 5.75 Å². The average molecular weight is 596 g/mol. The Bertz CT molecular complexity index is 1460. The van der Waals surface area contributed by atoms with Crippen LogP contribution in [0.4, 0.5) is 18.9 Å². The number of ether oxygens (including phenoxy) is 1. The fraction of sp³-hybridized carbons (Fsp3) is 0.556. The lowest BCUT2D eigenvalue weighted by atomic mass is 9.88. The molecule has 1 aliphatic carbocycles. The number of piperidine rings is 1. The highest BCUT2D eigenvalue weighted by Gasteiger charge is 2.39. The summed E-state index contributed by atoms with van der Waals surface area (Å²) in [6.07, 6.45) is 0.436. The summed E-state index contributed by atoms with van der Waals surface area (Å²) < 4.78 is 74.2. The second-order valence-corrected chi connectivity index (χ2v) is 13.6. The summed E-state index contributed by atoms with van der Waals surface area (Å²) in [4.78, 5) is 4.34. The highest BCUT2D eigenvalue weighted by molar-refractivity contribution is 7.92. The topological polar surface area (TPSA) is 136 Å². The zero-order chi connectivity index (χ0) is 29.6. The summed E-state index contributed by atoms with van der Waals surface area (Å²) in [5, 5.41) is 12.2. The maximum absolute atomic E-state index is 13.6. The maximum Gasteiger partial charge on any atom is 0.393 e. The summed E-state index contributed by atoms with van der Waals surface area (Å²) in [7, 11) is -2.32. The monoisotopic (exact) mass is 595 g/mol. The van der Waals surface area contributed by atoms with Crippen LogP contribution in [0.25, 0.3) is 0 Å². The molecule has 2 fully saturated rings. The highest BCUT2D eigenvalue weighted by Crippen LogP contribution is 2.39. The van der Waals surface area contributed by atoms with E-state index in [2.05, 4.69) is 26.0 Å². The molecule has 5 N–H and O–H groups in total. The zero-order valence-corrected chi connectivity index (χ0v) is 24.1. The van der Waals surface area contributed by atoms with E-state index in [1.165, 1.54) is 31.8 Å². The largest absolute Gasteiger partial charge is 0.490 e. The molecule has 1 saturated carbocycles. The van der Waals surface area contributed by atoms with Gasteiger partial charge in [-0.3, -0.25) is 10.4 Å². The van der Waals surface area contributed by atoms with Crippen molar-refractivity contribution in [2.24, 2.45) is 17.8 Å². The first-order valence-corrected chi connectivity index (χ1v) is 15.3. The highest BCUT2D eigenvalue weighted by atomic mass is 32.2. The van der Waals surface area contributed by atoms with Crippen LogP contribution in [0.15, 0.2) is 45.8 Å². The van der Waals surface area contributed by atoms with E-state index in [-0.39, 0.29) is 28.2 Å². The van der Waals surface area contributed by atoms with Crippen molar-refractivity contribution in [1.82, 2.24) is 20.4 Å². The van der Waals surface area contributed by atoms with Gasteiger partial charge in [0.15, 0.2) is 0 Å². The molecule has 10 nitrogen and oxygen atoms in total. The molecular formula is C27H36F3N7O3S. The minimum atomic E-state index is -4.55. The van der Waals surface area contributed by atoms with E-state index >= 15 is 0 Å². The van der Waals surface area contributed by atoms with E-state index < -0.39 is 33.5 Å². The third-order valence-electron chi connectivity index (χ3n) is 7.44. The number of nitrogens with one attached hydrogen (secondary N) is 3. The number of hydrogen-bond donors (Lipinski definition) is 4. The quantitative estimate of drug-likeness (QED) is 0.345. The van der Waals surface area contributed by atoms with Crippen molar-refractivity contribution in [3.05, 3.63) is 46.9 Å². The number of anilines is 1. The van der Waals surface area contributed by atoms with Crippen molar-refractivity contribution >= 4 is 21.7 Å². The molecule has 14 heteroatoms. The Kier molecular flexibility index (Phi) is 7.85. The van der Waals surface area contributed by atoms with Gasteiger partial charge in [0.05, 0.1) is 29.0 Å². The fourth-order valence-corrected chi connectivity index (χ4v) is 6.09. The van der Waals surface area contributed by atoms with Crippen molar-refractivity contribution in [2.45, 2.75) is 80.2 Å². The molecule has 1 aromatic heterocycles. The molecule has 0 amide bonds. The van der Waals surface area contributed by atoms with Crippen molar-refractivity contribution in [2.75, 3.05) is 18.4 Å². The van der Waals surface area contributed by atoms with Gasteiger partial charge in [0.25, 0.3) is 0 Å². The number of aliphatic imine (C=N–C) groups is 1. The number of nitrogens with zero attached hydrogens (tertiary/aromatic N) is 3. The number of allylic oxidation sites excluding steroid dienone is 1. The molecule has 0 bridgehead atoms. The minimum absolute atomic E-state index is 0.0248. The Balaban J connectivity index is 1.53. The lowest BCUT2D eigenvalue weighted by Crippen LogP contribution is -2.52. The Morgan fingerprint density at radius 3 is 2.56 bits per heavy atom. The van der Waals surface area contributed by atoms with Gasteiger partial charge in [0.1, 0.15) is 11.6 Å². The summed E-state index contributed by atoms with van der Waals surface area (Å²) in [6.45, 7) is 4.85. The zero-order valence-electron chi connectivity index (χ0n) is 23.3. The maximum atomic E-state index is 13.6. The normalized spacial score (nSPS) is 22.2. The van der Waals surface area contributed by atoms with Gasteiger partial charge >= 0.3 is 6.18 Å². The molecule has 0 spiro atoms. The van der Waals surface area contributed by atoms with Crippen LogP contribution in [0.3, 0.4) is 0 Å². The second kappa shape index (κ2) is 11.0. The Labute approximate surface area is 237 Å². The summed E-state index contributed by atoms with van der Waals surface area (Å²) >= 11 is 0. The van der Waals surface area contributed by atoms with E-state index in [0.717, 1.165) is 50.6 Å². The minimum Gasteiger partial charge on any atom is -0.490 e. The van der Waals surface area contributed by atoms with Gasteiger partial charge in [-0.05, 0) is 76.2 Å². The molecule has 2 aromatic rings. The van der Waals surface area contributed by atoms with Crippen LogP contribution in [0.2, 0.25) is 0 Å². The van der Waals surface area contributed by atoms with Crippen LogP contribution >= 0.6 is 0 Å². The molecule has 1 unspecified atom stereocenters. The van der Waals surface area contributed by atoms with Crippen LogP contribution in [-0.2, 0) is 22.7 Å². The van der Waals surface area contributed by atoms with Crippen molar-refractivity contribution in [3.8, 4) is 5.75 Å². The van der Waals surface area contributed by atoms with Crippen molar-refractivity contribution in [3.63, 3.8) is 0 Å². The third kappa shape index (κ3) is 6.54. The van der Waals surface area contributed by atoms with Gasteiger partial charge in [-0.25, -0.2) is 13.4 Å². The number of rotatable bonds is 9. The number of sulfone groups is 1. The lowest BCUT2D eigenvalue weighted by molar-refractivity contribution is -0.126. The van der Waals surface area contributed by atoms with Gasteiger partial charge in [0.2, 0.25) is 20.7 Å². The number of aryl methyl sites for hydroxylation is 1. The van der Waals surface area contributed by atoms with Crippen LogP contribution < -0.4 is 26.4 Å². The van der Waals surface area contributed by atoms with Crippen molar-refractivity contribution < 1.29 is 26.3 Å². The number of nitrogens with two attached hydrogens (primary N) is 1. The molecule has 3 aliphatic rings. The molecule has 2 aliphatic heterocycles. The first-order chi connectivity index (χ1) is 19.2. The Morgan fingerprint density at radius 1 is 1.22 bits per heavy atom. The second-order valence-electron chi connectivity index (χ2n) is 11.2. The van der Waals surface area contributed by atoms with E-state index in [1.807, 2.05) is 18.2 Å². The lowest BCUT2D eigenvalue weighted by Gasteiger charge is -2.35. The number of hydrogen-bond acceptors (Lipinski definition) is 9. The third-order valence-corrected chi connectivity index (χ3v) is 9.52. The summed E-state index contributed by atoms with van der Waals surface area (Å²) in [6, 6.07) is 5.74. The standard InChI is InChI=1S/C27H36F3N7O3S/c1-16(2)41(38,39)25-22(15-37(3)36-25)34-24-19(13-26(28,29)30)14-33-27(31,35-24)21-7-4-18(17-8-10-32-11-9-17)12-23(21)40-20-5-6-20/h4,7,12,14-17,20,32,34-35H,5-6,8-11,13,31H2,1-3H3. The van der Waals surface area contributed by atoms with Crippen LogP contribution in [0.1, 0.15) is 63.0 Å². The van der Waals surface area contributed by atoms with E-state index in [4.69, 9.17) is 10.5 Å². The summed E-state index contributed by atoms with van der Waals surface area (Å²) in [5.74, 6) is -0.925. The fourth-order valence-electron chi connectivity index (χ4n) is 4.99. The Hall–Kier alpha value is -3.10. The van der Waals surface area contributed by atoms with E-state index in [0.29, 0.717) is 17.2 Å². The molecule has 41 heavy (non-hydrogen) atoms. The van der Waals surface area contributed by atoms with Gasteiger partial charge in [-0.15, -0.1) is 0 Å². The first-order valence-electron chi connectivity index (χ1n) is 13.7. The summed E-state index contributed by atoms with van der Waals surface area (Å²) in [5.41, 5.74) is 8.13. The molecule has 5 rings (SSSR count). The average Bonchev–Trinajstić information content (AvgIpc) is 3.64. The van der Waals surface area contributed by atoms with Crippen molar-refractivity contribution in [1.29, 1.82) is 0 Å². The van der Waals surface area contributed by atoms with Gasteiger partial charge in [0, 0.05) is 25.0 Å². The van der Waals surface area contributed by atoms with Gasteiger partial charge in [-0.1, -0.05) is 6.07 Å². The number of benzene rings is 1. The Morgan fingerprint density at radius 2 is 1.93 bits per heavy atom. The molecule has 1 atom stereocenters. The number of alkyl halides is 3. The predicted octanol–water partition coefficient (Wildman–Crippen LogP) is 3.63. The molecule has 1 saturated heterocycles. The molecule has 224 valence electrons. The molecule has 1 aromatic carbocycles. The molecular weight excluding hydrogens is 559 g/mol. The molecule has 0 radical (unpaired) electrons.